The lowest BCUT2D eigenvalue weighted by molar-refractivity contribution is 0.585. The van der Waals surface area contributed by atoms with E-state index in [2.05, 4.69) is 43.2 Å². The Morgan fingerprint density at radius 3 is 2.80 bits per heavy atom. The highest BCUT2D eigenvalue weighted by Gasteiger charge is 2.20. The summed E-state index contributed by atoms with van der Waals surface area (Å²) in [7, 11) is 0. The van der Waals surface area contributed by atoms with Crippen LogP contribution in [0.1, 0.15) is 44.4 Å². The Hall–Kier alpha value is -0.890. The largest absolute Gasteiger partial charge is 0.316 e. The molecule has 15 heavy (non-hydrogen) atoms. The van der Waals surface area contributed by atoms with E-state index in [0.29, 0.717) is 5.92 Å². The summed E-state index contributed by atoms with van der Waals surface area (Å²) in [6.45, 7) is 8.96. The number of rotatable bonds is 1. The van der Waals surface area contributed by atoms with Crippen LogP contribution in [0.15, 0.2) is 18.3 Å². The van der Waals surface area contributed by atoms with Crippen LogP contribution < -0.4 is 5.32 Å². The Bertz CT molecular complexity index is 333. The molecule has 1 atom stereocenters. The SMILES string of the molecule is CC(C)(C)c1ccnc(C2CCNC2)c1. The average molecular weight is 204 g/mol. The maximum Gasteiger partial charge on any atom is 0.0450 e. The van der Waals surface area contributed by atoms with Crippen LogP contribution in [0.2, 0.25) is 0 Å². The van der Waals surface area contributed by atoms with Gasteiger partial charge in [-0.2, -0.15) is 0 Å². The van der Waals surface area contributed by atoms with Crippen molar-refractivity contribution < 1.29 is 0 Å². The van der Waals surface area contributed by atoms with Crippen molar-refractivity contribution in [3.8, 4) is 0 Å². The van der Waals surface area contributed by atoms with Gasteiger partial charge in [0.1, 0.15) is 0 Å². The van der Waals surface area contributed by atoms with Crippen molar-refractivity contribution in [2.45, 2.75) is 38.5 Å². The molecule has 1 aromatic rings. The molecule has 2 rings (SSSR count). The topological polar surface area (TPSA) is 24.9 Å². The number of hydrogen-bond acceptors (Lipinski definition) is 2. The second-order valence-electron chi connectivity index (χ2n) is 5.41. The van der Waals surface area contributed by atoms with Gasteiger partial charge in [-0.25, -0.2) is 0 Å². The molecular weight excluding hydrogens is 184 g/mol. The van der Waals surface area contributed by atoms with E-state index in [1.807, 2.05) is 6.20 Å². The van der Waals surface area contributed by atoms with Crippen molar-refractivity contribution in [3.05, 3.63) is 29.6 Å². The van der Waals surface area contributed by atoms with E-state index in [4.69, 9.17) is 0 Å². The molecule has 2 heterocycles. The summed E-state index contributed by atoms with van der Waals surface area (Å²) in [6.07, 6.45) is 3.18. The highest BCUT2D eigenvalue weighted by molar-refractivity contribution is 5.26. The number of hydrogen-bond donors (Lipinski definition) is 1. The highest BCUT2D eigenvalue weighted by Crippen LogP contribution is 2.26. The minimum Gasteiger partial charge on any atom is -0.316 e. The minimum atomic E-state index is 0.226. The zero-order chi connectivity index (χ0) is 10.9. The van der Waals surface area contributed by atoms with Gasteiger partial charge in [0.25, 0.3) is 0 Å². The highest BCUT2D eigenvalue weighted by atomic mass is 14.9. The van der Waals surface area contributed by atoms with Gasteiger partial charge in [-0.3, -0.25) is 4.98 Å². The molecule has 0 saturated carbocycles. The third kappa shape index (κ3) is 2.37. The number of nitrogens with one attached hydrogen (secondary N) is 1. The van der Waals surface area contributed by atoms with Gasteiger partial charge < -0.3 is 5.32 Å². The fraction of sp³-hybridized carbons (Fsp3) is 0.615. The second-order valence-corrected chi connectivity index (χ2v) is 5.41. The molecule has 1 fully saturated rings. The fourth-order valence-corrected chi connectivity index (χ4v) is 2.05. The summed E-state index contributed by atoms with van der Waals surface area (Å²) in [6, 6.07) is 4.41. The van der Waals surface area contributed by atoms with E-state index < -0.39 is 0 Å². The van der Waals surface area contributed by atoms with Crippen molar-refractivity contribution in [2.24, 2.45) is 0 Å². The van der Waals surface area contributed by atoms with Gasteiger partial charge in [-0.15, -0.1) is 0 Å². The second kappa shape index (κ2) is 3.93. The van der Waals surface area contributed by atoms with Crippen molar-refractivity contribution in [3.63, 3.8) is 0 Å². The molecule has 0 spiro atoms. The summed E-state index contributed by atoms with van der Waals surface area (Å²) in [5.41, 5.74) is 2.87. The monoisotopic (exact) mass is 204 g/mol. The molecule has 0 amide bonds. The molecule has 2 nitrogen and oxygen atoms in total. The van der Waals surface area contributed by atoms with Crippen molar-refractivity contribution in [1.82, 2.24) is 10.3 Å². The van der Waals surface area contributed by atoms with Gasteiger partial charge in [0.15, 0.2) is 0 Å². The molecule has 1 aliphatic heterocycles. The lowest BCUT2D eigenvalue weighted by Gasteiger charge is -2.20. The first-order valence-corrected chi connectivity index (χ1v) is 5.74. The van der Waals surface area contributed by atoms with Crippen LogP contribution in [-0.2, 0) is 5.41 Å². The molecule has 0 aliphatic carbocycles. The number of pyridine rings is 1. The molecule has 2 heteroatoms. The van der Waals surface area contributed by atoms with E-state index in [9.17, 15) is 0 Å². The summed E-state index contributed by atoms with van der Waals surface area (Å²) < 4.78 is 0. The van der Waals surface area contributed by atoms with Crippen molar-refractivity contribution in [2.75, 3.05) is 13.1 Å². The lowest BCUT2D eigenvalue weighted by Crippen LogP contribution is -2.13. The molecule has 1 saturated heterocycles. The number of aromatic nitrogens is 1. The number of nitrogens with zero attached hydrogens (tertiary/aromatic N) is 1. The average Bonchev–Trinajstić information content (AvgIpc) is 2.69. The summed E-state index contributed by atoms with van der Waals surface area (Å²) in [4.78, 5) is 4.49. The van der Waals surface area contributed by atoms with Crippen LogP contribution in [0.3, 0.4) is 0 Å². The molecule has 0 bridgehead atoms. The fourth-order valence-electron chi connectivity index (χ4n) is 2.05. The van der Waals surface area contributed by atoms with Crippen LogP contribution in [0, 0.1) is 0 Å². The minimum absolute atomic E-state index is 0.226. The van der Waals surface area contributed by atoms with Gasteiger partial charge in [0.2, 0.25) is 0 Å². The van der Waals surface area contributed by atoms with Crippen molar-refractivity contribution in [1.29, 1.82) is 0 Å². The van der Waals surface area contributed by atoms with E-state index in [1.165, 1.54) is 17.7 Å². The predicted octanol–water partition coefficient (Wildman–Crippen LogP) is 2.46. The van der Waals surface area contributed by atoms with Crippen LogP contribution >= 0.6 is 0 Å². The summed E-state index contributed by atoms with van der Waals surface area (Å²) in [5.74, 6) is 0.618. The predicted molar refractivity (Wildman–Crippen MR) is 63.2 cm³/mol. The standard InChI is InChI=1S/C13H20N2/c1-13(2,3)11-5-7-15-12(8-11)10-4-6-14-9-10/h5,7-8,10,14H,4,6,9H2,1-3H3. The van der Waals surface area contributed by atoms with Gasteiger partial charge in [0.05, 0.1) is 0 Å². The van der Waals surface area contributed by atoms with Gasteiger partial charge >= 0.3 is 0 Å². The van der Waals surface area contributed by atoms with Gasteiger partial charge in [0, 0.05) is 24.4 Å². The Balaban J connectivity index is 2.26. The Labute approximate surface area is 92.1 Å². The first kappa shape index (κ1) is 10.6. The Kier molecular flexibility index (Phi) is 2.79. The van der Waals surface area contributed by atoms with E-state index in [0.717, 1.165) is 13.1 Å². The Morgan fingerprint density at radius 1 is 1.40 bits per heavy atom. The first-order valence-electron chi connectivity index (χ1n) is 5.74. The molecule has 0 radical (unpaired) electrons. The van der Waals surface area contributed by atoms with Crippen LogP contribution in [0.4, 0.5) is 0 Å². The van der Waals surface area contributed by atoms with E-state index >= 15 is 0 Å². The molecule has 82 valence electrons. The Morgan fingerprint density at radius 2 is 2.20 bits per heavy atom. The lowest BCUT2D eigenvalue weighted by atomic mass is 9.86. The molecule has 1 aromatic heterocycles. The first-order chi connectivity index (χ1) is 7.07. The quantitative estimate of drug-likeness (QED) is 0.760. The van der Waals surface area contributed by atoms with Crippen LogP contribution in [0.25, 0.3) is 0 Å². The maximum absolute atomic E-state index is 4.49. The van der Waals surface area contributed by atoms with Gasteiger partial charge in [-0.05, 0) is 36.1 Å². The van der Waals surface area contributed by atoms with Crippen LogP contribution in [0.5, 0.6) is 0 Å². The zero-order valence-corrected chi connectivity index (χ0v) is 9.88. The smallest absolute Gasteiger partial charge is 0.0450 e. The zero-order valence-electron chi connectivity index (χ0n) is 9.88. The van der Waals surface area contributed by atoms with Crippen LogP contribution in [-0.4, -0.2) is 18.1 Å². The van der Waals surface area contributed by atoms with E-state index in [1.54, 1.807) is 0 Å². The third-order valence-electron chi connectivity index (χ3n) is 3.13. The van der Waals surface area contributed by atoms with Crippen molar-refractivity contribution >= 4 is 0 Å². The summed E-state index contributed by atoms with van der Waals surface area (Å²) in [5, 5.41) is 3.39. The molecule has 0 aromatic carbocycles. The maximum atomic E-state index is 4.49. The molecule has 1 unspecified atom stereocenters. The van der Waals surface area contributed by atoms with Gasteiger partial charge in [-0.1, -0.05) is 20.8 Å². The molecule has 1 aliphatic rings. The normalized spacial score (nSPS) is 21.9. The molecule has 1 N–H and O–H groups in total. The summed E-state index contributed by atoms with van der Waals surface area (Å²) >= 11 is 0. The van der Waals surface area contributed by atoms with E-state index in [-0.39, 0.29) is 5.41 Å². The molecular formula is C13H20N2. The third-order valence-corrected chi connectivity index (χ3v) is 3.13.